The third-order valence-corrected chi connectivity index (χ3v) is 4.25. The number of aliphatic hydroxyl groups excluding tert-OH is 2. The lowest BCUT2D eigenvalue weighted by Crippen LogP contribution is -2.23. The minimum Gasteiger partial charge on any atom is -0.438 e. The molecule has 2 rings (SSSR count). The van der Waals surface area contributed by atoms with Crippen LogP contribution in [0, 0.1) is 27.7 Å². The molecule has 0 radical (unpaired) electrons. The van der Waals surface area contributed by atoms with Crippen LogP contribution in [0.15, 0.2) is 18.2 Å². The third kappa shape index (κ3) is 4.50. The summed E-state index contributed by atoms with van der Waals surface area (Å²) in [7, 11) is 0. The monoisotopic (exact) mass is 344 g/mol. The van der Waals surface area contributed by atoms with Gasteiger partial charge in [-0.2, -0.15) is 0 Å². The SMILES string of the molecule is CCC(CO)Nc1cc(C)nc(Oc2c(C)cc(C)cc2C)c1CO. The molecule has 3 N–H and O–H groups in total. The normalized spacial score (nSPS) is 12.1. The predicted octanol–water partition coefficient (Wildman–Crippen LogP) is 3.78. The molecule has 136 valence electrons. The molecule has 0 aliphatic rings. The molecule has 0 aliphatic heterocycles. The van der Waals surface area contributed by atoms with E-state index in [4.69, 9.17) is 4.74 Å². The topological polar surface area (TPSA) is 74.6 Å². The Balaban J connectivity index is 2.46. The van der Waals surface area contributed by atoms with Crippen molar-refractivity contribution >= 4 is 5.69 Å². The van der Waals surface area contributed by atoms with Crippen LogP contribution in [0.1, 0.15) is 41.3 Å². The third-order valence-electron chi connectivity index (χ3n) is 4.25. The van der Waals surface area contributed by atoms with Gasteiger partial charge in [0.2, 0.25) is 5.88 Å². The first-order valence-electron chi connectivity index (χ1n) is 8.64. The number of nitrogens with zero attached hydrogens (tertiary/aromatic N) is 1. The predicted molar refractivity (Wildman–Crippen MR) is 100 cm³/mol. The second-order valence-electron chi connectivity index (χ2n) is 6.52. The first-order valence-corrected chi connectivity index (χ1v) is 8.64. The van der Waals surface area contributed by atoms with Gasteiger partial charge in [-0.25, -0.2) is 4.98 Å². The summed E-state index contributed by atoms with van der Waals surface area (Å²) >= 11 is 0. The minimum atomic E-state index is -0.198. The lowest BCUT2D eigenvalue weighted by Gasteiger charge is -2.21. The van der Waals surface area contributed by atoms with E-state index in [-0.39, 0.29) is 19.3 Å². The average Bonchev–Trinajstić information content (AvgIpc) is 2.55. The Morgan fingerprint density at radius 3 is 2.24 bits per heavy atom. The largest absolute Gasteiger partial charge is 0.438 e. The van der Waals surface area contributed by atoms with Crippen LogP contribution in [0.4, 0.5) is 5.69 Å². The number of ether oxygens (including phenoxy) is 1. The maximum Gasteiger partial charge on any atom is 0.227 e. The molecule has 0 aliphatic carbocycles. The van der Waals surface area contributed by atoms with Crippen molar-refractivity contribution in [1.82, 2.24) is 4.98 Å². The van der Waals surface area contributed by atoms with Gasteiger partial charge in [0.1, 0.15) is 5.75 Å². The van der Waals surface area contributed by atoms with Crippen LogP contribution in [-0.4, -0.2) is 27.8 Å². The van der Waals surface area contributed by atoms with Crippen molar-refractivity contribution in [2.45, 2.75) is 53.7 Å². The number of anilines is 1. The molecule has 0 spiro atoms. The molecule has 0 bridgehead atoms. The van der Waals surface area contributed by atoms with E-state index in [9.17, 15) is 10.2 Å². The zero-order valence-corrected chi connectivity index (χ0v) is 15.7. The molecule has 0 saturated carbocycles. The highest BCUT2D eigenvalue weighted by molar-refractivity contribution is 5.58. The van der Waals surface area contributed by atoms with E-state index < -0.39 is 0 Å². The van der Waals surface area contributed by atoms with Gasteiger partial charge in [0.25, 0.3) is 0 Å². The summed E-state index contributed by atoms with van der Waals surface area (Å²) in [5.74, 6) is 1.16. The highest BCUT2D eigenvalue weighted by atomic mass is 16.5. The fourth-order valence-corrected chi connectivity index (χ4v) is 2.96. The number of nitrogens with one attached hydrogen (secondary N) is 1. The van der Waals surface area contributed by atoms with Crippen LogP contribution in [0.25, 0.3) is 0 Å². The lowest BCUT2D eigenvalue weighted by molar-refractivity contribution is 0.268. The second-order valence-corrected chi connectivity index (χ2v) is 6.52. The van der Waals surface area contributed by atoms with Crippen LogP contribution in [-0.2, 0) is 6.61 Å². The Kier molecular flexibility index (Phi) is 6.39. The van der Waals surface area contributed by atoms with Crippen molar-refractivity contribution in [3.8, 4) is 11.6 Å². The van der Waals surface area contributed by atoms with Gasteiger partial charge in [0.15, 0.2) is 0 Å². The quantitative estimate of drug-likeness (QED) is 0.713. The Morgan fingerprint density at radius 1 is 1.08 bits per heavy atom. The fourth-order valence-electron chi connectivity index (χ4n) is 2.96. The molecule has 1 aromatic heterocycles. The maximum absolute atomic E-state index is 9.89. The number of hydrogen-bond acceptors (Lipinski definition) is 5. The highest BCUT2D eigenvalue weighted by Gasteiger charge is 2.17. The van der Waals surface area contributed by atoms with E-state index in [0.29, 0.717) is 11.4 Å². The van der Waals surface area contributed by atoms with Gasteiger partial charge >= 0.3 is 0 Å². The van der Waals surface area contributed by atoms with Gasteiger partial charge in [-0.05, 0) is 51.3 Å². The highest BCUT2D eigenvalue weighted by Crippen LogP contribution is 2.34. The lowest BCUT2D eigenvalue weighted by atomic mass is 10.1. The molecule has 0 amide bonds. The molecule has 5 heteroatoms. The Labute approximate surface area is 149 Å². The summed E-state index contributed by atoms with van der Waals surface area (Å²) in [6.07, 6.45) is 0.773. The maximum atomic E-state index is 9.89. The molecule has 0 saturated heterocycles. The van der Waals surface area contributed by atoms with E-state index >= 15 is 0 Å². The average molecular weight is 344 g/mol. The van der Waals surface area contributed by atoms with Gasteiger partial charge in [0, 0.05) is 17.4 Å². The minimum absolute atomic E-state index is 0.0229. The molecule has 5 nitrogen and oxygen atoms in total. The van der Waals surface area contributed by atoms with Gasteiger partial charge in [-0.15, -0.1) is 0 Å². The molecule has 25 heavy (non-hydrogen) atoms. The van der Waals surface area contributed by atoms with Crippen molar-refractivity contribution in [3.63, 3.8) is 0 Å². The van der Waals surface area contributed by atoms with Gasteiger partial charge in [-0.1, -0.05) is 24.6 Å². The Morgan fingerprint density at radius 2 is 1.72 bits per heavy atom. The van der Waals surface area contributed by atoms with Gasteiger partial charge in [0.05, 0.1) is 18.8 Å². The summed E-state index contributed by atoms with van der Waals surface area (Å²) < 4.78 is 6.11. The number of benzene rings is 1. The Hall–Kier alpha value is -2.11. The van der Waals surface area contributed by atoms with E-state index in [1.807, 2.05) is 33.8 Å². The molecular weight excluding hydrogens is 316 g/mol. The first-order chi connectivity index (χ1) is 11.9. The van der Waals surface area contributed by atoms with Crippen molar-refractivity contribution in [3.05, 3.63) is 46.1 Å². The molecule has 1 atom stereocenters. The van der Waals surface area contributed by atoms with Crippen LogP contribution in [0.3, 0.4) is 0 Å². The van der Waals surface area contributed by atoms with Gasteiger partial charge in [-0.3, -0.25) is 0 Å². The van der Waals surface area contributed by atoms with E-state index in [0.717, 1.165) is 34.7 Å². The van der Waals surface area contributed by atoms with Gasteiger partial charge < -0.3 is 20.3 Å². The van der Waals surface area contributed by atoms with Crippen LogP contribution >= 0.6 is 0 Å². The fraction of sp³-hybridized carbons (Fsp3) is 0.450. The number of pyridine rings is 1. The van der Waals surface area contributed by atoms with Crippen LogP contribution in [0.5, 0.6) is 11.6 Å². The number of rotatable bonds is 7. The number of aryl methyl sites for hydroxylation is 4. The summed E-state index contributed by atoms with van der Waals surface area (Å²) in [5.41, 5.74) is 5.36. The van der Waals surface area contributed by atoms with Crippen molar-refractivity contribution in [1.29, 1.82) is 0 Å². The Bertz CT molecular complexity index is 717. The van der Waals surface area contributed by atoms with Crippen molar-refractivity contribution < 1.29 is 14.9 Å². The van der Waals surface area contributed by atoms with Crippen molar-refractivity contribution in [2.75, 3.05) is 11.9 Å². The van der Waals surface area contributed by atoms with E-state index in [1.165, 1.54) is 5.56 Å². The summed E-state index contributed by atoms with van der Waals surface area (Å²) in [6.45, 7) is 9.76. The molecule has 1 unspecified atom stereocenters. The van der Waals surface area contributed by atoms with Crippen LogP contribution < -0.4 is 10.1 Å². The molecule has 2 aromatic rings. The second kappa shape index (κ2) is 8.32. The molecular formula is C20H28N2O3. The summed E-state index contributed by atoms with van der Waals surface area (Å²) in [4.78, 5) is 4.48. The standard InChI is InChI=1S/C20H28N2O3/c1-6-16(10-23)22-18-9-15(5)21-20(17(18)11-24)25-19-13(3)7-12(2)8-14(19)4/h7-9,16,23-24H,6,10-11H2,1-5H3,(H,21,22). The van der Waals surface area contributed by atoms with E-state index in [1.54, 1.807) is 0 Å². The van der Waals surface area contributed by atoms with Crippen LogP contribution in [0.2, 0.25) is 0 Å². The zero-order valence-electron chi connectivity index (χ0n) is 15.7. The zero-order chi connectivity index (χ0) is 18.6. The number of aromatic nitrogens is 1. The summed E-state index contributed by atoms with van der Waals surface area (Å²) in [5, 5.41) is 22.6. The number of aliphatic hydroxyl groups is 2. The molecule has 1 aromatic carbocycles. The summed E-state index contributed by atoms with van der Waals surface area (Å²) in [6, 6.07) is 5.91. The molecule has 1 heterocycles. The first kappa shape index (κ1) is 19.2. The van der Waals surface area contributed by atoms with Crippen molar-refractivity contribution in [2.24, 2.45) is 0 Å². The van der Waals surface area contributed by atoms with E-state index in [2.05, 4.69) is 29.4 Å². The smallest absolute Gasteiger partial charge is 0.227 e. The number of hydrogen-bond donors (Lipinski definition) is 3. The molecule has 0 fully saturated rings.